The number of halogens is 2. The highest BCUT2D eigenvalue weighted by atomic mass is 35.5. The second kappa shape index (κ2) is 3.49. The number of carbonyl (C=O) groups excluding carboxylic acids is 1. The van der Waals surface area contributed by atoms with Gasteiger partial charge in [-0.3, -0.25) is 5.21 Å². The first-order chi connectivity index (χ1) is 7.34. The van der Waals surface area contributed by atoms with Gasteiger partial charge in [0.1, 0.15) is 4.90 Å². The maximum absolute atomic E-state index is 11.6. The maximum atomic E-state index is 11.6. The van der Waals surface area contributed by atoms with E-state index in [-0.39, 0.29) is 25.1 Å². The molecule has 1 aliphatic rings. The van der Waals surface area contributed by atoms with Crippen molar-refractivity contribution in [2.24, 2.45) is 0 Å². The highest BCUT2D eigenvalue weighted by Crippen LogP contribution is 2.35. The van der Waals surface area contributed by atoms with Gasteiger partial charge >= 0.3 is 6.03 Å². The fourth-order valence-electron chi connectivity index (χ4n) is 1.21. The van der Waals surface area contributed by atoms with E-state index >= 15 is 0 Å². The molecule has 2 rings (SSSR count). The van der Waals surface area contributed by atoms with Crippen molar-refractivity contribution in [2.45, 2.75) is 4.90 Å². The summed E-state index contributed by atoms with van der Waals surface area (Å²) in [6.07, 6.45) is 0. The van der Waals surface area contributed by atoms with Gasteiger partial charge in [0.2, 0.25) is 0 Å². The Hall–Kier alpha value is -1.02. The van der Waals surface area contributed by atoms with Crippen LogP contribution in [0.15, 0.2) is 17.0 Å². The van der Waals surface area contributed by atoms with Gasteiger partial charge in [-0.2, -0.15) is 8.42 Å². The van der Waals surface area contributed by atoms with Gasteiger partial charge in [0.15, 0.2) is 0 Å². The minimum absolute atomic E-state index is 0.00791. The Morgan fingerprint density at radius 1 is 1.25 bits per heavy atom. The van der Waals surface area contributed by atoms with Gasteiger partial charge < -0.3 is 5.32 Å². The molecule has 0 saturated carbocycles. The molecule has 0 aliphatic carbocycles. The molecule has 1 aromatic rings. The molecular formula is C7H4Cl2N2O4S. The average Bonchev–Trinajstić information content (AvgIpc) is 2.19. The first-order valence-corrected chi connectivity index (χ1v) is 6.08. The molecule has 0 atom stereocenters. The number of anilines is 1. The summed E-state index contributed by atoms with van der Waals surface area (Å²) in [7, 11) is -4.28. The van der Waals surface area contributed by atoms with Crippen LogP contribution in [0.3, 0.4) is 0 Å². The number of rotatable bonds is 0. The number of hydrogen-bond donors (Lipinski definition) is 2. The van der Waals surface area contributed by atoms with E-state index < -0.39 is 16.1 Å². The Bertz CT molecular complexity index is 586. The minimum Gasteiger partial charge on any atom is -0.304 e. The van der Waals surface area contributed by atoms with Crippen molar-refractivity contribution in [1.82, 2.24) is 4.47 Å². The molecular weight excluding hydrogens is 279 g/mol. The molecule has 0 saturated heterocycles. The molecule has 0 fully saturated rings. The van der Waals surface area contributed by atoms with Crippen LogP contribution >= 0.6 is 23.2 Å². The molecule has 6 nitrogen and oxygen atoms in total. The summed E-state index contributed by atoms with van der Waals surface area (Å²) < 4.78 is 22.8. The zero-order valence-electron chi connectivity index (χ0n) is 7.44. The molecule has 16 heavy (non-hydrogen) atoms. The predicted molar refractivity (Wildman–Crippen MR) is 56.3 cm³/mol. The van der Waals surface area contributed by atoms with Crippen molar-refractivity contribution in [3.63, 3.8) is 0 Å². The fraction of sp³-hybridized carbons (Fsp3) is 0. The van der Waals surface area contributed by atoms with Gasteiger partial charge in [-0.05, 0) is 12.1 Å². The van der Waals surface area contributed by atoms with E-state index in [2.05, 4.69) is 5.32 Å². The van der Waals surface area contributed by atoms with Crippen molar-refractivity contribution >= 4 is 44.9 Å². The predicted octanol–water partition coefficient (Wildman–Crippen LogP) is 1.92. The smallest absolute Gasteiger partial charge is 0.304 e. The third-order valence-electron chi connectivity index (χ3n) is 1.94. The quantitative estimate of drug-likeness (QED) is 0.712. The molecule has 1 aliphatic heterocycles. The Morgan fingerprint density at radius 3 is 2.44 bits per heavy atom. The lowest BCUT2D eigenvalue weighted by Crippen LogP contribution is -2.41. The van der Waals surface area contributed by atoms with Crippen LogP contribution in [0.1, 0.15) is 0 Å². The van der Waals surface area contributed by atoms with Crippen LogP contribution in [0, 0.1) is 0 Å². The van der Waals surface area contributed by atoms with E-state index in [4.69, 9.17) is 28.4 Å². The molecule has 0 spiro atoms. The Labute approximate surface area is 100 Å². The van der Waals surface area contributed by atoms with Crippen LogP contribution < -0.4 is 5.32 Å². The first-order valence-electron chi connectivity index (χ1n) is 3.88. The SMILES string of the molecule is O=C1Nc2cc(Cl)c(Cl)cc2S(=O)(=O)N1O. The van der Waals surface area contributed by atoms with Gasteiger partial charge in [-0.15, -0.1) is 0 Å². The number of fused-ring (bicyclic) bond motifs is 1. The molecule has 0 unspecified atom stereocenters. The first kappa shape index (κ1) is 11.5. The van der Waals surface area contributed by atoms with E-state index in [0.29, 0.717) is 0 Å². The lowest BCUT2D eigenvalue weighted by Gasteiger charge is -2.23. The van der Waals surface area contributed by atoms with Crippen molar-refractivity contribution in [1.29, 1.82) is 0 Å². The van der Waals surface area contributed by atoms with E-state index in [1.807, 2.05) is 0 Å². The molecule has 0 aromatic heterocycles. The van der Waals surface area contributed by atoms with Crippen LogP contribution in [0.25, 0.3) is 0 Å². The number of urea groups is 1. The number of amides is 2. The number of nitrogens with one attached hydrogen (secondary N) is 1. The van der Waals surface area contributed by atoms with Gasteiger partial charge in [0, 0.05) is 0 Å². The summed E-state index contributed by atoms with van der Waals surface area (Å²) in [4.78, 5) is 10.8. The molecule has 2 amide bonds. The molecule has 9 heteroatoms. The molecule has 1 heterocycles. The van der Waals surface area contributed by atoms with Crippen LogP contribution in [-0.4, -0.2) is 24.1 Å². The number of hydroxylamine groups is 1. The van der Waals surface area contributed by atoms with Crippen LogP contribution in [0.4, 0.5) is 10.5 Å². The van der Waals surface area contributed by atoms with E-state index in [9.17, 15) is 13.2 Å². The number of benzene rings is 1. The van der Waals surface area contributed by atoms with Gasteiger partial charge in [0.25, 0.3) is 10.0 Å². The summed E-state index contributed by atoms with van der Waals surface area (Å²) in [6, 6.07) is 1.07. The number of carbonyl (C=O) groups is 1. The highest BCUT2D eigenvalue weighted by Gasteiger charge is 2.36. The van der Waals surface area contributed by atoms with Crippen LogP contribution in [0.2, 0.25) is 10.0 Å². The summed E-state index contributed by atoms with van der Waals surface area (Å²) >= 11 is 11.3. The zero-order valence-corrected chi connectivity index (χ0v) is 9.77. The molecule has 1 aromatic carbocycles. The Morgan fingerprint density at radius 2 is 1.81 bits per heavy atom. The lowest BCUT2D eigenvalue weighted by molar-refractivity contribution is 0.0468. The van der Waals surface area contributed by atoms with E-state index in [1.54, 1.807) is 0 Å². The normalized spacial score (nSPS) is 17.9. The van der Waals surface area contributed by atoms with Crippen LogP contribution in [-0.2, 0) is 10.0 Å². The minimum atomic E-state index is -4.28. The largest absolute Gasteiger partial charge is 0.360 e. The van der Waals surface area contributed by atoms with Crippen molar-refractivity contribution < 1.29 is 18.4 Å². The molecule has 0 bridgehead atoms. The van der Waals surface area contributed by atoms with Crippen LogP contribution in [0.5, 0.6) is 0 Å². The molecule has 0 radical (unpaired) electrons. The van der Waals surface area contributed by atoms with Crippen molar-refractivity contribution in [3.05, 3.63) is 22.2 Å². The Balaban J connectivity index is 2.76. The fourth-order valence-corrected chi connectivity index (χ4v) is 2.70. The zero-order chi connectivity index (χ0) is 12.1. The lowest BCUT2D eigenvalue weighted by atomic mass is 10.3. The monoisotopic (exact) mass is 282 g/mol. The van der Waals surface area contributed by atoms with E-state index in [0.717, 1.165) is 6.07 Å². The third kappa shape index (κ3) is 1.52. The highest BCUT2D eigenvalue weighted by molar-refractivity contribution is 7.89. The molecule has 86 valence electrons. The summed E-state index contributed by atoms with van der Waals surface area (Å²) in [5.41, 5.74) is -0.0234. The van der Waals surface area contributed by atoms with E-state index in [1.165, 1.54) is 6.07 Å². The Kier molecular flexibility index (Phi) is 2.50. The average molecular weight is 283 g/mol. The summed E-state index contributed by atoms with van der Waals surface area (Å²) in [6.45, 7) is 0. The molecule has 2 N–H and O–H groups in total. The van der Waals surface area contributed by atoms with Crippen molar-refractivity contribution in [2.75, 3.05) is 5.32 Å². The topological polar surface area (TPSA) is 86.7 Å². The number of hydrogen-bond acceptors (Lipinski definition) is 4. The summed E-state index contributed by atoms with van der Waals surface area (Å²) in [5, 5.41) is 11.3. The number of sulfonamides is 1. The summed E-state index contributed by atoms with van der Waals surface area (Å²) in [5.74, 6) is 0. The standard InChI is InChI=1S/C7H4Cl2N2O4S/c8-3-1-5-6(2-4(3)9)16(14,15)11(13)7(12)10-5/h1-2,13H,(H,10,12). The van der Waals surface area contributed by atoms with Gasteiger partial charge in [0.05, 0.1) is 15.7 Å². The third-order valence-corrected chi connectivity index (χ3v) is 4.18. The van der Waals surface area contributed by atoms with Gasteiger partial charge in [-0.1, -0.05) is 27.7 Å². The van der Waals surface area contributed by atoms with Crippen molar-refractivity contribution in [3.8, 4) is 0 Å². The second-order valence-corrected chi connectivity index (χ2v) is 5.49. The number of nitrogens with zero attached hydrogens (tertiary/aromatic N) is 1. The van der Waals surface area contributed by atoms with Gasteiger partial charge in [-0.25, -0.2) is 4.79 Å². The second-order valence-electron chi connectivity index (χ2n) is 2.94. The maximum Gasteiger partial charge on any atom is 0.360 e.